The Morgan fingerprint density at radius 1 is 1.33 bits per heavy atom. The first-order valence-corrected chi connectivity index (χ1v) is 9.40. The number of benzene rings is 1. The van der Waals surface area contributed by atoms with Gasteiger partial charge in [-0.1, -0.05) is 0 Å². The Hall–Kier alpha value is -2.67. The number of aliphatic imine (C=N–C) groups is 2. The molecule has 7 nitrogen and oxygen atoms in total. The summed E-state index contributed by atoms with van der Waals surface area (Å²) < 4.78 is 6.12. The fourth-order valence-electron chi connectivity index (χ4n) is 3.31. The molecule has 27 heavy (non-hydrogen) atoms. The molecule has 142 valence electrons. The summed E-state index contributed by atoms with van der Waals surface area (Å²) in [6.07, 6.45) is 4.17. The molecule has 2 aliphatic rings. The Bertz CT molecular complexity index is 902. The first kappa shape index (κ1) is 17.7. The maximum absolute atomic E-state index is 6.12. The zero-order chi connectivity index (χ0) is 18.9. The second kappa shape index (κ2) is 7.15. The number of hydrogen-bond acceptors (Lipinski definition) is 6. The Morgan fingerprint density at radius 3 is 2.78 bits per heavy atom. The van der Waals surface area contributed by atoms with Crippen molar-refractivity contribution in [1.82, 2.24) is 20.4 Å². The summed E-state index contributed by atoms with van der Waals surface area (Å²) in [4.78, 5) is 10.9. The fourth-order valence-corrected chi connectivity index (χ4v) is 3.31. The molecule has 4 rings (SSSR count). The average Bonchev–Trinajstić information content (AvgIpc) is 3.27. The zero-order valence-electron chi connectivity index (χ0n) is 16.0. The first-order chi connectivity index (χ1) is 13.1. The van der Waals surface area contributed by atoms with Gasteiger partial charge in [-0.05, 0) is 44.7 Å². The van der Waals surface area contributed by atoms with Crippen molar-refractivity contribution in [1.29, 1.82) is 0 Å². The van der Waals surface area contributed by atoms with Gasteiger partial charge in [0.2, 0.25) is 0 Å². The molecule has 2 aromatic rings. The summed E-state index contributed by atoms with van der Waals surface area (Å²) in [5.41, 5.74) is 2.52. The van der Waals surface area contributed by atoms with Crippen molar-refractivity contribution in [2.24, 2.45) is 9.98 Å². The topological polar surface area (TPSA) is 77.9 Å². The van der Waals surface area contributed by atoms with Crippen LogP contribution in [-0.2, 0) is 0 Å². The van der Waals surface area contributed by atoms with Gasteiger partial charge in [-0.3, -0.25) is 10.1 Å². The van der Waals surface area contributed by atoms with E-state index in [4.69, 9.17) is 4.74 Å². The number of ether oxygens (including phenoxy) is 1. The standard InChI is InChI=1S/C20H26N6O/c1-20(6-7-20)27-14-4-5-16-15(12-14)19(25-24-16)17(21-2)13-18(22-3)26-10-8-23-9-11-26/h4-5,12-13,23H,3,6-11H2,1-2H3,(H,24,25)/b18-13+,21-17?. The normalized spacial score (nSPS) is 20.0. The van der Waals surface area contributed by atoms with Crippen molar-refractivity contribution in [2.45, 2.75) is 25.4 Å². The molecule has 2 fully saturated rings. The summed E-state index contributed by atoms with van der Waals surface area (Å²) >= 11 is 0. The second-order valence-electron chi connectivity index (χ2n) is 7.34. The highest BCUT2D eigenvalue weighted by Gasteiger charge is 2.40. The van der Waals surface area contributed by atoms with Crippen LogP contribution in [0.25, 0.3) is 10.9 Å². The summed E-state index contributed by atoms with van der Waals surface area (Å²) in [7, 11) is 1.77. The molecule has 1 saturated carbocycles. The lowest BCUT2D eigenvalue weighted by Gasteiger charge is -2.29. The smallest absolute Gasteiger partial charge is 0.130 e. The lowest BCUT2D eigenvalue weighted by Crippen LogP contribution is -2.42. The SMILES string of the molecule is C=N/C(=C\C(=NC)c1n[nH]c2ccc(OC3(C)CC3)cc12)N1CCNCC1. The van der Waals surface area contributed by atoms with Crippen molar-refractivity contribution in [3.05, 3.63) is 35.8 Å². The number of allylic oxidation sites excluding steroid dienone is 1. The number of rotatable bonds is 6. The van der Waals surface area contributed by atoms with Gasteiger partial charge in [0.15, 0.2) is 0 Å². The summed E-state index contributed by atoms with van der Waals surface area (Å²) in [5.74, 6) is 1.69. The minimum atomic E-state index is -0.0125. The van der Waals surface area contributed by atoms with Crippen LogP contribution in [0.2, 0.25) is 0 Å². The van der Waals surface area contributed by atoms with Crippen molar-refractivity contribution >= 4 is 23.3 Å². The van der Waals surface area contributed by atoms with E-state index in [0.717, 1.165) is 72.9 Å². The molecule has 1 aliphatic heterocycles. The zero-order valence-corrected chi connectivity index (χ0v) is 16.0. The molecular weight excluding hydrogens is 340 g/mol. The average molecular weight is 366 g/mol. The van der Waals surface area contributed by atoms with Gasteiger partial charge in [-0.2, -0.15) is 5.10 Å². The number of nitrogens with one attached hydrogen (secondary N) is 2. The molecule has 2 N–H and O–H groups in total. The van der Waals surface area contributed by atoms with Crippen molar-refractivity contribution in [2.75, 3.05) is 33.2 Å². The van der Waals surface area contributed by atoms with Gasteiger partial charge in [0, 0.05) is 44.7 Å². The minimum absolute atomic E-state index is 0.0125. The maximum atomic E-state index is 6.12. The maximum Gasteiger partial charge on any atom is 0.130 e. The van der Waals surface area contributed by atoms with Gasteiger partial charge < -0.3 is 15.0 Å². The lowest BCUT2D eigenvalue weighted by molar-refractivity contribution is 0.200. The van der Waals surface area contributed by atoms with Crippen molar-refractivity contribution in [3.63, 3.8) is 0 Å². The second-order valence-corrected chi connectivity index (χ2v) is 7.34. The van der Waals surface area contributed by atoms with E-state index in [1.54, 1.807) is 7.05 Å². The molecule has 0 atom stereocenters. The van der Waals surface area contributed by atoms with Crippen molar-refractivity contribution < 1.29 is 4.74 Å². The van der Waals surface area contributed by atoms with E-state index in [-0.39, 0.29) is 5.60 Å². The Morgan fingerprint density at radius 2 is 2.11 bits per heavy atom. The van der Waals surface area contributed by atoms with E-state index in [0.29, 0.717) is 0 Å². The molecule has 1 aromatic carbocycles. The van der Waals surface area contributed by atoms with E-state index in [9.17, 15) is 0 Å². The summed E-state index contributed by atoms with van der Waals surface area (Å²) in [6, 6.07) is 6.04. The predicted octanol–water partition coefficient (Wildman–Crippen LogP) is 2.36. The Kier molecular flexibility index (Phi) is 4.70. The molecule has 1 saturated heterocycles. The van der Waals surface area contributed by atoms with E-state index in [2.05, 4.69) is 44.0 Å². The van der Waals surface area contributed by atoms with Gasteiger partial charge in [-0.15, -0.1) is 0 Å². The summed E-state index contributed by atoms with van der Waals surface area (Å²) in [5, 5.41) is 11.9. The third kappa shape index (κ3) is 3.73. The van der Waals surface area contributed by atoms with Crippen LogP contribution in [0.15, 0.2) is 40.1 Å². The third-order valence-corrected chi connectivity index (χ3v) is 5.21. The van der Waals surface area contributed by atoms with Crippen LogP contribution in [0.4, 0.5) is 0 Å². The Balaban J connectivity index is 1.67. The molecule has 0 radical (unpaired) electrons. The van der Waals surface area contributed by atoms with Crippen LogP contribution < -0.4 is 10.1 Å². The molecule has 1 aliphatic carbocycles. The van der Waals surface area contributed by atoms with E-state index in [1.165, 1.54) is 0 Å². The molecule has 0 bridgehead atoms. The number of fused-ring (bicyclic) bond motifs is 1. The third-order valence-electron chi connectivity index (χ3n) is 5.21. The monoisotopic (exact) mass is 366 g/mol. The molecule has 1 aromatic heterocycles. The summed E-state index contributed by atoms with van der Waals surface area (Å²) in [6.45, 7) is 9.57. The van der Waals surface area contributed by atoms with Gasteiger partial charge in [0.25, 0.3) is 0 Å². The van der Waals surface area contributed by atoms with Gasteiger partial charge in [0.05, 0.1) is 11.2 Å². The highest BCUT2D eigenvalue weighted by atomic mass is 16.5. The van der Waals surface area contributed by atoms with E-state index < -0.39 is 0 Å². The molecule has 2 heterocycles. The molecule has 0 amide bonds. The molecular formula is C20H26N6O. The Labute approximate surface area is 159 Å². The largest absolute Gasteiger partial charge is 0.488 e. The number of nitrogens with zero attached hydrogens (tertiary/aromatic N) is 4. The number of aromatic amines is 1. The van der Waals surface area contributed by atoms with Crippen LogP contribution in [0.5, 0.6) is 5.75 Å². The van der Waals surface area contributed by atoms with E-state index >= 15 is 0 Å². The van der Waals surface area contributed by atoms with Crippen LogP contribution in [0.3, 0.4) is 0 Å². The number of piperazine rings is 1. The highest BCUT2D eigenvalue weighted by molar-refractivity contribution is 6.15. The van der Waals surface area contributed by atoms with Crippen LogP contribution >= 0.6 is 0 Å². The van der Waals surface area contributed by atoms with Gasteiger partial charge in [0.1, 0.15) is 22.9 Å². The number of hydrogen-bond donors (Lipinski definition) is 2. The van der Waals surface area contributed by atoms with Crippen molar-refractivity contribution in [3.8, 4) is 5.75 Å². The number of H-pyrrole nitrogens is 1. The quantitative estimate of drug-likeness (QED) is 0.770. The van der Waals surface area contributed by atoms with E-state index in [1.807, 2.05) is 24.3 Å². The molecule has 0 spiro atoms. The fraction of sp³-hybridized carbons (Fsp3) is 0.450. The lowest BCUT2D eigenvalue weighted by atomic mass is 10.1. The van der Waals surface area contributed by atoms with Crippen LogP contribution in [0, 0.1) is 0 Å². The first-order valence-electron chi connectivity index (χ1n) is 9.40. The minimum Gasteiger partial charge on any atom is -0.488 e. The van der Waals surface area contributed by atoms with Crippen LogP contribution in [0.1, 0.15) is 25.5 Å². The van der Waals surface area contributed by atoms with Crippen LogP contribution in [-0.4, -0.2) is 66.4 Å². The molecule has 0 unspecified atom stereocenters. The number of aromatic nitrogens is 2. The highest BCUT2D eigenvalue weighted by Crippen LogP contribution is 2.40. The predicted molar refractivity (Wildman–Crippen MR) is 109 cm³/mol. The van der Waals surface area contributed by atoms with Gasteiger partial charge in [-0.25, -0.2) is 4.99 Å². The van der Waals surface area contributed by atoms with Gasteiger partial charge >= 0.3 is 0 Å². The molecule has 7 heteroatoms.